The van der Waals surface area contributed by atoms with Gasteiger partial charge in [-0.3, -0.25) is 0 Å². The molecule has 88 valence electrons. The van der Waals surface area contributed by atoms with Gasteiger partial charge in [0.2, 0.25) is 0 Å². The van der Waals surface area contributed by atoms with Gasteiger partial charge in [-0.25, -0.2) is 0 Å². The first-order valence-corrected chi connectivity index (χ1v) is 5.97. The van der Waals surface area contributed by atoms with Crippen LogP contribution in [0, 0.1) is 6.92 Å². The van der Waals surface area contributed by atoms with Gasteiger partial charge in [0, 0.05) is 10.0 Å². The zero-order valence-electron chi connectivity index (χ0n) is 9.63. The van der Waals surface area contributed by atoms with Gasteiger partial charge >= 0.3 is 0 Å². The molecule has 2 aromatic rings. The van der Waals surface area contributed by atoms with Crippen molar-refractivity contribution in [2.75, 3.05) is 7.11 Å². The summed E-state index contributed by atoms with van der Waals surface area (Å²) in [5, 5.41) is 1.28. The molecule has 0 bridgehead atoms. The van der Waals surface area contributed by atoms with Gasteiger partial charge < -0.3 is 4.74 Å². The van der Waals surface area contributed by atoms with Crippen LogP contribution in [0.15, 0.2) is 36.4 Å². The average molecular weight is 267 g/mol. The Labute approximate surface area is 111 Å². The summed E-state index contributed by atoms with van der Waals surface area (Å²) in [6.07, 6.45) is 0. The van der Waals surface area contributed by atoms with Crippen LogP contribution in [0.25, 0.3) is 11.1 Å². The predicted molar refractivity (Wildman–Crippen MR) is 73.2 cm³/mol. The largest absolute Gasteiger partial charge is 0.497 e. The van der Waals surface area contributed by atoms with Gasteiger partial charge in [0.25, 0.3) is 0 Å². The van der Waals surface area contributed by atoms with Crippen molar-refractivity contribution in [3.8, 4) is 16.9 Å². The maximum absolute atomic E-state index is 6.00. The smallest absolute Gasteiger partial charge is 0.119 e. The van der Waals surface area contributed by atoms with E-state index in [1.807, 2.05) is 37.3 Å². The molecule has 0 fully saturated rings. The van der Waals surface area contributed by atoms with Crippen LogP contribution in [0.5, 0.6) is 5.75 Å². The zero-order valence-corrected chi connectivity index (χ0v) is 11.1. The van der Waals surface area contributed by atoms with Gasteiger partial charge in [-0.15, -0.1) is 0 Å². The minimum Gasteiger partial charge on any atom is -0.497 e. The first-order chi connectivity index (χ1) is 8.10. The summed E-state index contributed by atoms with van der Waals surface area (Å²) in [5.41, 5.74) is 3.25. The van der Waals surface area contributed by atoms with Gasteiger partial charge in [0.1, 0.15) is 5.75 Å². The molecule has 17 heavy (non-hydrogen) atoms. The summed E-state index contributed by atoms with van der Waals surface area (Å²) in [4.78, 5) is 0. The first kappa shape index (κ1) is 12.3. The fourth-order valence-corrected chi connectivity index (χ4v) is 2.32. The highest BCUT2D eigenvalue weighted by Crippen LogP contribution is 2.31. The van der Waals surface area contributed by atoms with Crippen LogP contribution in [-0.4, -0.2) is 7.11 Å². The molecule has 2 aromatic carbocycles. The van der Waals surface area contributed by atoms with Crippen molar-refractivity contribution in [1.82, 2.24) is 0 Å². The molecule has 0 saturated carbocycles. The Kier molecular flexibility index (Phi) is 3.60. The van der Waals surface area contributed by atoms with Crippen LogP contribution in [0.1, 0.15) is 5.56 Å². The van der Waals surface area contributed by atoms with E-state index in [1.165, 1.54) is 0 Å². The maximum Gasteiger partial charge on any atom is 0.119 e. The number of aryl methyl sites for hydroxylation is 1. The Morgan fingerprint density at radius 1 is 0.941 bits per heavy atom. The number of hydrogen-bond acceptors (Lipinski definition) is 1. The summed E-state index contributed by atoms with van der Waals surface area (Å²) < 4.78 is 5.18. The summed E-state index contributed by atoms with van der Waals surface area (Å²) in [7, 11) is 1.66. The number of methoxy groups -OCH3 is 1. The second kappa shape index (κ2) is 4.99. The SMILES string of the molecule is COc1ccc(-c2cc(Cl)cc(Cl)c2)c(C)c1. The fourth-order valence-electron chi connectivity index (χ4n) is 1.80. The van der Waals surface area contributed by atoms with E-state index in [9.17, 15) is 0 Å². The number of ether oxygens (including phenoxy) is 1. The normalized spacial score (nSPS) is 10.4. The van der Waals surface area contributed by atoms with Crippen LogP contribution in [0.2, 0.25) is 10.0 Å². The third-order valence-electron chi connectivity index (χ3n) is 2.61. The Morgan fingerprint density at radius 2 is 1.59 bits per heavy atom. The summed E-state index contributed by atoms with van der Waals surface area (Å²) in [6, 6.07) is 11.5. The van der Waals surface area contributed by atoms with E-state index in [-0.39, 0.29) is 0 Å². The standard InChI is InChI=1S/C14H12Cl2O/c1-9-5-13(17-2)3-4-14(9)10-6-11(15)8-12(16)7-10/h3-8H,1-2H3. The minimum absolute atomic E-state index is 0.641. The average Bonchev–Trinajstić information content (AvgIpc) is 2.27. The molecule has 0 heterocycles. The van der Waals surface area contributed by atoms with Crippen molar-refractivity contribution in [1.29, 1.82) is 0 Å². The third-order valence-corrected chi connectivity index (χ3v) is 3.04. The van der Waals surface area contributed by atoms with Gasteiger partial charge in [0.05, 0.1) is 7.11 Å². The molecule has 0 atom stereocenters. The molecular weight excluding hydrogens is 255 g/mol. The van der Waals surface area contributed by atoms with E-state index >= 15 is 0 Å². The highest BCUT2D eigenvalue weighted by Gasteiger charge is 2.05. The third kappa shape index (κ3) is 2.74. The van der Waals surface area contributed by atoms with Gasteiger partial charge in [-0.2, -0.15) is 0 Å². The van der Waals surface area contributed by atoms with E-state index in [2.05, 4.69) is 0 Å². The Bertz CT molecular complexity index is 530. The topological polar surface area (TPSA) is 9.23 Å². The molecular formula is C14H12Cl2O. The van der Waals surface area contributed by atoms with Crippen molar-refractivity contribution in [2.24, 2.45) is 0 Å². The van der Waals surface area contributed by atoms with Gasteiger partial charge in [0.15, 0.2) is 0 Å². The maximum atomic E-state index is 6.00. The Balaban J connectivity index is 2.52. The molecule has 0 aliphatic rings. The van der Waals surface area contributed by atoms with Crippen LogP contribution in [-0.2, 0) is 0 Å². The van der Waals surface area contributed by atoms with E-state index in [1.54, 1.807) is 13.2 Å². The molecule has 0 aliphatic carbocycles. The fraction of sp³-hybridized carbons (Fsp3) is 0.143. The molecule has 1 nitrogen and oxygen atoms in total. The van der Waals surface area contributed by atoms with Crippen LogP contribution in [0.3, 0.4) is 0 Å². The Hall–Kier alpha value is -1.18. The first-order valence-electron chi connectivity index (χ1n) is 5.21. The second-order valence-electron chi connectivity index (χ2n) is 3.84. The highest BCUT2D eigenvalue weighted by atomic mass is 35.5. The van der Waals surface area contributed by atoms with Gasteiger partial charge in [-0.1, -0.05) is 29.3 Å². The molecule has 0 aliphatic heterocycles. The molecule has 0 N–H and O–H groups in total. The summed E-state index contributed by atoms with van der Waals surface area (Å²) in [6.45, 7) is 2.03. The molecule has 2 rings (SSSR count). The summed E-state index contributed by atoms with van der Waals surface area (Å²) in [5.74, 6) is 0.847. The molecule has 0 unspecified atom stereocenters. The van der Waals surface area contributed by atoms with E-state index < -0.39 is 0 Å². The number of hydrogen-bond donors (Lipinski definition) is 0. The van der Waals surface area contributed by atoms with E-state index in [4.69, 9.17) is 27.9 Å². The quantitative estimate of drug-likeness (QED) is 0.745. The number of benzene rings is 2. The number of halogens is 2. The molecule has 0 radical (unpaired) electrons. The molecule has 0 saturated heterocycles. The lowest BCUT2D eigenvalue weighted by Gasteiger charge is -2.09. The van der Waals surface area contributed by atoms with Crippen LogP contribution in [0.4, 0.5) is 0 Å². The van der Waals surface area contributed by atoms with Crippen molar-refractivity contribution in [3.63, 3.8) is 0 Å². The zero-order chi connectivity index (χ0) is 12.4. The van der Waals surface area contributed by atoms with Crippen molar-refractivity contribution in [2.45, 2.75) is 6.92 Å². The highest BCUT2D eigenvalue weighted by molar-refractivity contribution is 6.35. The van der Waals surface area contributed by atoms with Crippen LogP contribution < -0.4 is 4.74 Å². The van der Waals surface area contributed by atoms with Crippen molar-refractivity contribution < 1.29 is 4.74 Å². The second-order valence-corrected chi connectivity index (χ2v) is 4.71. The molecule has 0 aromatic heterocycles. The lowest BCUT2D eigenvalue weighted by atomic mass is 10.0. The van der Waals surface area contributed by atoms with Crippen molar-refractivity contribution >= 4 is 23.2 Å². The molecule has 0 amide bonds. The number of rotatable bonds is 2. The molecule has 3 heteroatoms. The Morgan fingerprint density at radius 3 is 2.12 bits per heavy atom. The predicted octanol–water partition coefficient (Wildman–Crippen LogP) is 4.98. The minimum atomic E-state index is 0.641. The van der Waals surface area contributed by atoms with Gasteiger partial charge in [-0.05, 0) is 53.9 Å². The lowest BCUT2D eigenvalue weighted by Crippen LogP contribution is -1.87. The van der Waals surface area contributed by atoms with Crippen LogP contribution >= 0.6 is 23.2 Å². The lowest BCUT2D eigenvalue weighted by molar-refractivity contribution is 0.414. The summed E-state index contributed by atoms with van der Waals surface area (Å²) >= 11 is 12.0. The van der Waals surface area contributed by atoms with Crippen molar-refractivity contribution in [3.05, 3.63) is 52.0 Å². The monoisotopic (exact) mass is 266 g/mol. The van der Waals surface area contributed by atoms with E-state index in [0.717, 1.165) is 22.4 Å². The van der Waals surface area contributed by atoms with E-state index in [0.29, 0.717) is 10.0 Å². The molecule has 0 spiro atoms.